The molecule has 6 heteroatoms. The molecular weight excluding hydrogens is 319 g/mol. The highest BCUT2D eigenvalue weighted by molar-refractivity contribution is 6.30. The number of nitrogens with one attached hydrogen (secondary N) is 1. The van der Waals surface area contributed by atoms with Crippen LogP contribution in [0.15, 0.2) is 42.5 Å². The molecule has 0 aliphatic rings. The summed E-state index contributed by atoms with van der Waals surface area (Å²) in [6.45, 7) is 0.659. The molecule has 2 aromatic carbocycles. The van der Waals surface area contributed by atoms with E-state index in [0.29, 0.717) is 23.0 Å². The molecule has 23 heavy (non-hydrogen) atoms. The molecule has 0 unspecified atom stereocenters. The van der Waals surface area contributed by atoms with Gasteiger partial charge in [0.25, 0.3) is 0 Å². The largest absolute Gasteiger partial charge is 0.496 e. The molecular formula is C17H18ClFN2O2. The van der Waals surface area contributed by atoms with E-state index < -0.39 is 0 Å². The van der Waals surface area contributed by atoms with Crippen molar-refractivity contribution < 1.29 is 13.9 Å². The van der Waals surface area contributed by atoms with Crippen molar-refractivity contribution in [1.82, 2.24) is 4.90 Å². The van der Waals surface area contributed by atoms with Crippen LogP contribution in [0.1, 0.15) is 5.56 Å². The number of carbonyl (C=O) groups excluding carboxylic acids is 1. The predicted molar refractivity (Wildman–Crippen MR) is 89.4 cm³/mol. The number of carbonyl (C=O) groups is 1. The SMILES string of the molecule is COc1ccc(Cl)cc1CN(C)CC(=O)Nc1cccc(F)c1. The molecule has 0 fully saturated rings. The Hall–Kier alpha value is -2.11. The first-order chi connectivity index (χ1) is 11.0. The minimum absolute atomic E-state index is 0.159. The Bertz CT molecular complexity index is 694. The van der Waals surface area contributed by atoms with Crippen molar-refractivity contribution in [2.75, 3.05) is 26.0 Å². The second-order valence-electron chi connectivity index (χ2n) is 5.19. The number of ether oxygens (including phenoxy) is 1. The van der Waals surface area contributed by atoms with E-state index in [4.69, 9.17) is 16.3 Å². The molecule has 0 saturated heterocycles. The van der Waals surface area contributed by atoms with Gasteiger partial charge in [-0.3, -0.25) is 9.69 Å². The van der Waals surface area contributed by atoms with E-state index in [-0.39, 0.29) is 18.3 Å². The summed E-state index contributed by atoms with van der Waals surface area (Å²) < 4.78 is 18.4. The maximum absolute atomic E-state index is 13.1. The quantitative estimate of drug-likeness (QED) is 0.877. The third kappa shape index (κ3) is 5.23. The molecule has 122 valence electrons. The fraction of sp³-hybridized carbons (Fsp3) is 0.235. The van der Waals surface area contributed by atoms with Crippen molar-refractivity contribution >= 4 is 23.2 Å². The first-order valence-corrected chi connectivity index (χ1v) is 7.42. The maximum Gasteiger partial charge on any atom is 0.238 e. The second-order valence-corrected chi connectivity index (χ2v) is 5.62. The Morgan fingerprint density at radius 3 is 2.78 bits per heavy atom. The van der Waals surface area contributed by atoms with Gasteiger partial charge in [-0.15, -0.1) is 0 Å². The van der Waals surface area contributed by atoms with Crippen LogP contribution in [-0.2, 0) is 11.3 Å². The normalized spacial score (nSPS) is 10.7. The molecule has 0 heterocycles. The van der Waals surface area contributed by atoms with Crippen LogP contribution in [0, 0.1) is 5.82 Å². The van der Waals surface area contributed by atoms with Crippen molar-refractivity contribution in [2.45, 2.75) is 6.54 Å². The van der Waals surface area contributed by atoms with Gasteiger partial charge in [0.2, 0.25) is 5.91 Å². The highest BCUT2D eigenvalue weighted by atomic mass is 35.5. The van der Waals surface area contributed by atoms with Gasteiger partial charge >= 0.3 is 0 Å². The molecule has 0 radical (unpaired) electrons. The number of nitrogens with zero attached hydrogens (tertiary/aromatic N) is 1. The highest BCUT2D eigenvalue weighted by Crippen LogP contribution is 2.23. The molecule has 0 aromatic heterocycles. The number of amides is 1. The second kappa shape index (κ2) is 7.94. The van der Waals surface area contributed by atoms with E-state index in [2.05, 4.69) is 5.32 Å². The maximum atomic E-state index is 13.1. The lowest BCUT2D eigenvalue weighted by molar-refractivity contribution is -0.117. The molecule has 0 atom stereocenters. The molecule has 0 aliphatic carbocycles. The van der Waals surface area contributed by atoms with E-state index in [9.17, 15) is 9.18 Å². The Morgan fingerprint density at radius 1 is 1.30 bits per heavy atom. The molecule has 1 amide bonds. The summed E-state index contributed by atoms with van der Waals surface area (Å²) in [5.74, 6) is 0.103. The summed E-state index contributed by atoms with van der Waals surface area (Å²) in [5.41, 5.74) is 1.32. The average molecular weight is 337 g/mol. The summed E-state index contributed by atoms with van der Waals surface area (Å²) in [6.07, 6.45) is 0. The summed E-state index contributed by atoms with van der Waals surface area (Å²) >= 11 is 6.00. The van der Waals surface area contributed by atoms with Crippen molar-refractivity contribution in [3.8, 4) is 5.75 Å². The molecule has 0 bridgehead atoms. The molecule has 0 saturated carbocycles. The van der Waals surface area contributed by atoms with Gasteiger partial charge in [0.05, 0.1) is 13.7 Å². The van der Waals surface area contributed by atoms with Gasteiger partial charge in [0.1, 0.15) is 11.6 Å². The number of likely N-dealkylation sites (N-methyl/N-ethyl adjacent to an activating group) is 1. The van der Waals surface area contributed by atoms with Crippen LogP contribution in [-0.4, -0.2) is 31.5 Å². The topological polar surface area (TPSA) is 41.6 Å². The lowest BCUT2D eigenvalue weighted by atomic mass is 10.2. The number of anilines is 1. The van der Waals surface area contributed by atoms with E-state index in [0.717, 1.165) is 5.56 Å². The van der Waals surface area contributed by atoms with Crippen LogP contribution in [0.2, 0.25) is 5.02 Å². The van der Waals surface area contributed by atoms with Crippen molar-refractivity contribution in [3.63, 3.8) is 0 Å². The first-order valence-electron chi connectivity index (χ1n) is 7.04. The van der Waals surface area contributed by atoms with Gasteiger partial charge in [0.15, 0.2) is 0 Å². The molecule has 2 aromatic rings. The molecule has 4 nitrogen and oxygen atoms in total. The third-order valence-electron chi connectivity index (χ3n) is 3.20. The van der Waals surface area contributed by atoms with Crippen LogP contribution < -0.4 is 10.1 Å². The summed E-state index contributed by atoms with van der Waals surface area (Å²) in [5, 5.41) is 3.27. The zero-order valence-electron chi connectivity index (χ0n) is 13.0. The molecule has 0 spiro atoms. The van der Waals surface area contributed by atoms with Gasteiger partial charge in [-0.05, 0) is 43.4 Å². The molecule has 2 rings (SSSR count). The number of rotatable bonds is 6. The van der Waals surface area contributed by atoms with Gasteiger partial charge in [-0.25, -0.2) is 4.39 Å². The van der Waals surface area contributed by atoms with Crippen molar-refractivity contribution in [3.05, 3.63) is 58.9 Å². The smallest absolute Gasteiger partial charge is 0.238 e. The fourth-order valence-corrected chi connectivity index (χ4v) is 2.42. The Labute approximate surface area is 139 Å². The van der Waals surface area contributed by atoms with Crippen LogP contribution in [0.5, 0.6) is 5.75 Å². The zero-order chi connectivity index (χ0) is 16.8. The van der Waals surface area contributed by atoms with Gasteiger partial charge in [-0.2, -0.15) is 0 Å². The van der Waals surface area contributed by atoms with E-state index in [1.165, 1.54) is 12.1 Å². The number of halogens is 2. The standard InChI is InChI=1S/C17H18ClFN2O2/c1-21(10-12-8-13(18)6-7-16(12)23-2)11-17(22)20-15-5-3-4-14(19)9-15/h3-9H,10-11H2,1-2H3,(H,20,22). The van der Waals surface area contributed by atoms with Crippen LogP contribution in [0.4, 0.5) is 10.1 Å². The summed E-state index contributed by atoms with van der Waals surface area (Å²) in [7, 11) is 3.40. The molecule has 0 aliphatic heterocycles. The van der Waals surface area contributed by atoms with Crippen molar-refractivity contribution in [1.29, 1.82) is 0 Å². The fourth-order valence-electron chi connectivity index (χ4n) is 2.23. The van der Waals surface area contributed by atoms with Crippen LogP contribution in [0.3, 0.4) is 0 Å². The van der Waals surface area contributed by atoms with E-state index in [1.54, 1.807) is 37.4 Å². The highest BCUT2D eigenvalue weighted by Gasteiger charge is 2.11. The summed E-state index contributed by atoms with van der Waals surface area (Å²) in [6, 6.07) is 11.1. The number of hydrogen-bond donors (Lipinski definition) is 1. The van der Waals surface area contributed by atoms with E-state index >= 15 is 0 Å². The van der Waals surface area contributed by atoms with Crippen LogP contribution in [0.25, 0.3) is 0 Å². The van der Waals surface area contributed by atoms with Gasteiger partial charge in [0, 0.05) is 22.8 Å². The Balaban J connectivity index is 1.95. The Morgan fingerprint density at radius 2 is 2.09 bits per heavy atom. The summed E-state index contributed by atoms with van der Waals surface area (Å²) in [4.78, 5) is 13.8. The lowest BCUT2D eigenvalue weighted by Gasteiger charge is -2.18. The van der Waals surface area contributed by atoms with Gasteiger partial charge in [-0.1, -0.05) is 17.7 Å². The third-order valence-corrected chi connectivity index (χ3v) is 3.44. The number of benzene rings is 2. The minimum Gasteiger partial charge on any atom is -0.496 e. The lowest BCUT2D eigenvalue weighted by Crippen LogP contribution is -2.30. The number of hydrogen-bond acceptors (Lipinski definition) is 3. The first kappa shape index (κ1) is 17.2. The predicted octanol–water partition coefficient (Wildman–Crippen LogP) is 3.56. The number of methoxy groups -OCH3 is 1. The van der Waals surface area contributed by atoms with E-state index in [1.807, 2.05) is 11.9 Å². The Kier molecular flexibility index (Phi) is 5.96. The monoisotopic (exact) mass is 336 g/mol. The van der Waals surface area contributed by atoms with Gasteiger partial charge < -0.3 is 10.1 Å². The van der Waals surface area contributed by atoms with Crippen molar-refractivity contribution in [2.24, 2.45) is 0 Å². The van der Waals surface area contributed by atoms with Crippen LogP contribution >= 0.6 is 11.6 Å². The minimum atomic E-state index is -0.389. The zero-order valence-corrected chi connectivity index (χ0v) is 13.7. The molecule has 1 N–H and O–H groups in total. The average Bonchev–Trinajstić information content (AvgIpc) is 2.47.